The van der Waals surface area contributed by atoms with Gasteiger partial charge in [-0.3, -0.25) is 14.5 Å². The van der Waals surface area contributed by atoms with Crippen LogP contribution >= 0.6 is 27.3 Å². The van der Waals surface area contributed by atoms with E-state index in [4.69, 9.17) is 4.74 Å². The van der Waals surface area contributed by atoms with E-state index in [-0.39, 0.29) is 5.69 Å². The van der Waals surface area contributed by atoms with Gasteiger partial charge in [0.25, 0.3) is 5.69 Å². The molecule has 0 saturated heterocycles. The van der Waals surface area contributed by atoms with Gasteiger partial charge in [0, 0.05) is 28.5 Å². The molecule has 0 aliphatic heterocycles. The number of nitro groups is 1. The Balaban J connectivity index is 1.96. The summed E-state index contributed by atoms with van der Waals surface area (Å²) in [6.07, 6.45) is 1.93. The number of benzene rings is 1. The van der Waals surface area contributed by atoms with Crippen molar-refractivity contribution in [2.45, 2.75) is 12.3 Å². The quantitative estimate of drug-likeness (QED) is 0.391. The highest BCUT2D eigenvalue weighted by Gasteiger charge is 2.16. The molecule has 0 N–H and O–H groups in total. The molecule has 0 aliphatic carbocycles. The van der Waals surface area contributed by atoms with Crippen LogP contribution in [0.5, 0.6) is 11.6 Å². The predicted octanol–water partition coefficient (Wildman–Crippen LogP) is 4.30. The molecule has 2 heterocycles. The summed E-state index contributed by atoms with van der Waals surface area (Å²) in [4.78, 5) is 15.7. The molecule has 1 aromatic carbocycles. The molecule has 6 nitrogen and oxygen atoms in total. The molecule has 2 aromatic heterocycles. The van der Waals surface area contributed by atoms with E-state index >= 15 is 0 Å². The largest absolute Gasteiger partial charge is 0.437 e. The van der Waals surface area contributed by atoms with Gasteiger partial charge < -0.3 is 4.74 Å². The Morgan fingerprint density at radius 1 is 1.52 bits per heavy atom. The van der Waals surface area contributed by atoms with Gasteiger partial charge in [0.1, 0.15) is 5.75 Å². The van der Waals surface area contributed by atoms with Crippen molar-refractivity contribution in [2.75, 3.05) is 0 Å². The van der Waals surface area contributed by atoms with E-state index in [1.54, 1.807) is 19.1 Å². The van der Waals surface area contributed by atoms with Gasteiger partial charge in [-0.1, -0.05) is 15.9 Å². The van der Waals surface area contributed by atoms with Crippen LogP contribution in [-0.4, -0.2) is 14.3 Å². The first-order chi connectivity index (χ1) is 10.1. The molecular formula is C13H10BrN3O3S. The molecule has 0 amide bonds. The van der Waals surface area contributed by atoms with Gasteiger partial charge in [-0.05, 0) is 19.1 Å². The molecule has 0 aliphatic rings. The zero-order valence-electron chi connectivity index (χ0n) is 10.9. The molecule has 8 heteroatoms. The molecule has 0 fully saturated rings. The van der Waals surface area contributed by atoms with Crippen LogP contribution < -0.4 is 4.74 Å². The van der Waals surface area contributed by atoms with Crippen LogP contribution in [0.1, 0.15) is 11.3 Å². The standard InChI is InChI=1S/C13H10BrN3O3S/c1-8-6-9(2-3-10(8)17(18)19)20-12-11(7-14)16-4-5-21-13(16)15-12/h2-6H,7H2,1H3. The number of fused-ring (bicyclic) bond motifs is 1. The second-order valence-electron chi connectivity index (χ2n) is 4.36. The molecule has 0 bridgehead atoms. The van der Waals surface area contributed by atoms with E-state index in [0.29, 0.717) is 22.5 Å². The molecule has 0 radical (unpaired) electrons. The van der Waals surface area contributed by atoms with E-state index < -0.39 is 4.92 Å². The first kappa shape index (κ1) is 14.0. The Morgan fingerprint density at radius 2 is 2.33 bits per heavy atom. The lowest BCUT2D eigenvalue weighted by Crippen LogP contribution is -1.94. The summed E-state index contributed by atoms with van der Waals surface area (Å²) in [7, 11) is 0. The van der Waals surface area contributed by atoms with Crippen LogP contribution in [0.3, 0.4) is 0 Å². The van der Waals surface area contributed by atoms with Crippen molar-refractivity contribution >= 4 is 37.9 Å². The summed E-state index contributed by atoms with van der Waals surface area (Å²) in [5, 5.41) is 13.4. The van der Waals surface area contributed by atoms with E-state index in [1.807, 2.05) is 16.0 Å². The van der Waals surface area contributed by atoms with Crippen LogP contribution in [0.15, 0.2) is 29.8 Å². The highest BCUT2D eigenvalue weighted by molar-refractivity contribution is 9.08. The van der Waals surface area contributed by atoms with Crippen molar-refractivity contribution in [3.05, 3.63) is 51.1 Å². The Kier molecular flexibility index (Phi) is 3.64. The number of nitro benzene ring substituents is 1. The number of halogens is 1. The maximum absolute atomic E-state index is 10.8. The van der Waals surface area contributed by atoms with E-state index in [9.17, 15) is 10.1 Å². The molecule has 0 saturated carbocycles. The van der Waals surface area contributed by atoms with E-state index in [1.165, 1.54) is 17.4 Å². The molecule has 0 spiro atoms. The number of nitrogens with zero attached hydrogens (tertiary/aromatic N) is 3. The summed E-state index contributed by atoms with van der Waals surface area (Å²) >= 11 is 4.95. The summed E-state index contributed by atoms with van der Waals surface area (Å²) in [6, 6.07) is 4.66. The molecule has 3 aromatic rings. The number of aryl methyl sites for hydroxylation is 1. The topological polar surface area (TPSA) is 69.7 Å². The van der Waals surface area contributed by atoms with Gasteiger partial charge >= 0.3 is 0 Å². The predicted molar refractivity (Wildman–Crippen MR) is 83.6 cm³/mol. The number of aromatic nitrogens is 2. The monoisotopic (exact) mass is 367 g/mol. The third kappa shape index (κ3) is 2.52. The molecule has 3 rings (SSSR count). The minimum absolute atomic E-state index is 0.0777. The van der Waals surface area contributed by atoms with Crippen LogP contribution in [0.4, 0.5) is 5.69 Å². The first-order valence-corrected chi connectivity index (χ1v) is 8.03. The molecule has 0 unspecified atom stereocenters. The number of imidazole rings is 1. The minimum Gasteiger partial charge on any atom is -0.437 e. The zero-order valence-corrected chi connectivity index (χ0v) is 13.3. The van der Waals surface area contributed by atoms with Crippen molar-refractivity contribution in [3.63, 3.8) is 0 Å². The van der Waals surface area contributed by atoms with Crippen LogP contribution in [0.25, 0.3) is 4.96 Å². The van der Waals surface area contributed by atoms with Gasteiger partial charge in [0.05, 0.1) is 10.6 Å². The van der Waals surface area contributed by atoms with E-state index in [0.717, 1.165) is 10.7 Å². The van der Waals surface area contributed by atoms with Crippen molar-refractivity contribution < 1.29 is 9.66 Å². The molecule has 0 atom stereocenters. The second kappa shape index (κ2) is 5.45. The van der Waals surface area contributed by atoms with Crippen LogP contribution in [0, 0.1) is 17.0 Å². The van der Waals surface area contributed by atoms with Gasteiger partial charge in [0.2, 0.25) is 5.88 Å². The van der Waals surface area contributed by atoms with Gasteiger partial charge in [-0.25, -0.2) is 0 Å². The SMILES string of the molecule is Cc1cc(Oc2nc3sccn3c2CBr)ccc1[N+](=O)[O-]. The summed E-state index contributed by atoms with van der Waals surface area (Å²) < 4.78 is 7.73. The normalized spacial score (nSPS) is 11.0. The number of hydrogen-bond acceptors (Lipinski definition) is 5. The summed E-state index contributed by atoms with van der Waals surface area (Å²) in [5.41, 5.74) is 1.54. The van der Waals surface area contributed by atoms with Crippen molar-refractivity contribution in [1.29, 1.82) is 0 Å². The fourth-order valence-corrected chi connectivity index (χ4v) is 3.26. The van der Waals surface area contributed by atoms with Crippen LogP contribution in [-0.2, 0) is 5.33 Å². The second-order valence-corrected chi connectivity index (χ2v) is 5.79. The zero-order chi connectivity index (χ0) is 15.0. The average molecular weight is 368 g/mol. The van der Waals surface area contributed by atoms with Gasteiger partial charge in [-0.2, -0.15) is 4.98 Å². The Morgan fingerprint density at radius 3 is 3.00 bits per heavy atom. The fraction of sp³-hybridized carbons (Fsp3) is 0.154. The molecule has 108 valence electrons. The third-order valence-corrected chi connectivity index (χ3v) is 4.32. The first-order valence-electron chi connectivity index (χ1n) is 6.03. The van der Waals surface area contributed by atoms with E-state index in [2.05, 4.69) is 20.9 Å². The lowest BCUT2D eigenvalue weighted by atomic mass is 10.2. The Labute approximate surface area is 132 Å². The maximum Gasteiger partial charge on any atom is 0.272 e. The maximum atomic E-state index is 10.8. The fourth-order valence-electron chi connectivity index (χ4n) is 2.02. The summed E-state index contributed by atoms with van der Waals surface area (Å²) in [6.45, 7) is 1.68. The third-order valence-electron chi connectivity index (χ3n) is 3.03. The minimum atomic E-state index is -0.407. The highest BCUT2D eigenvalue weighted by Crippen LogP contribution is 2.31. The molecule has 21 heavy (non-hydrogen) atoms. The lowest BCUT2D eigenvalue weighted by Gasteiger charge is -2.05. The van der Waals surface area contributed by atoms with Crippen molar-refractivity contribution in [3.8, 4) is 11.6 Å². The number of alkyl halides is 1. The Bertz CT molecular complexity index is 827. The highest BCUT2D eigenvalue weighted by atomic mass is 79.9. The average Bonchev–Trinajstić information content (AvgIpc) is 2.98. The lowest BCUT2D eigenvalue weighted by molar-refractivity contribution is -0.385. The van der Waals surface area contributed by atoms with Crippen molar-refractivity contribution in [1.82, 2.24) is 9.38 Å². The smallest absolute Gasteiger partial charge is 0.272 e. The number of ether oxygens (including phenoxy) is 1. The molecular weight excluding hydrogens is 358 g/mol. The van der Waals surface area contributed by atoms with Gasteiger partial charge in [-0.15, -0.1) is 11.3 Å². The van der Waals surface area contributed by atoms with Gasteiger partial charge in [0.15, 0.2) is 4.96 Å². The van der Waals surface area contributed by atoms with Crippen LogP contribution in [0.2, 0.25) is 0 Å². The van der Waals surface area contributed by atoms with Crippen molar-refractivity contribution in [2.24, 2.45) is 0 Å². The summed E-state index contributed by atoms with van der Waals surface area (Å²) in [5.74, 6) is 1.04. The Hall–Kier alpha value is -1.93. The number of hydrogen-bond donors (Lipinski definition) is 0. The number of thiazole rings is 1. The number of rotatable bonds is 4.